The predicted molar refractivity (Wildman–Crippen MR) is 51.3 cm³/mol. The molecule has 0 aliphatic carbocycles. The van der Waals surface area contributed by atoms with Gasteiger partial charge in [0.1, 0.15) is 5.82 Å². The van der Waals surface area contributed by atoms with E-state index < -0.39 is 0 Å². The Morgan fingerprint density at radius 2 is 2.08 bits per heavy atom. The number of nitrogens with zero attached hydrogens (tertiary/aromatic N) is 1. The van der Waals surface area contributed by atoms with E-state index >= 15 is 0 Å². The summed E-state index contributed by atoms with van der Waals surface area (Å²) in [4.78, 5) is 4.36. The first-order valence-electron chi connectivity index (χ1n) is 4.07. The SMILES string of the molecule is CNCc1ccc(NC)nc1C. The van der Waals surface area contributed by atoms with Crippen LogP contribution in [0.25, 0.3) is 0 Å². The van der Waals surface area contributed by atoms with Gasteiger partial charge >= 0.3 is 0 Å². The van der Waals surface area contributed by atoms with Gasteiger partial charge in [-0.15, -0.1) is 0 Å². The third kappa shape index (κ3) is 1.95. The van der Waals surface area contributed by atoms with Gasteiger partial charge in [0.25, 0.3) is 0 Å². The number of aryl methyl sites for hydroxylation is 1. The number of nitrogens with one attached hydrogen (secondary N) is 2. The van der Waals surface area contributed by atoms with E-state index in [0.29, 0.717) is 0 Å². The Kier molecular flexibility index (Phi) is 3.05. The number of rotatable bonds is 3. The molecule has 1 rings (SSSR count). The minimum absolute atomic E-state index is 0.878. The van der Waals surface area contributed by atoms with Gasteiger partial charge in [0.15, 0.2) is 0 Å². The molecule has 1 aromatic heterocycles. The summed E-state index contributed by atoms with van der Waals surface area (Å²) in [6, 6.07) is 4.07. The van der Waals surface area contributed by atoms with Crippen molar-refractivity contribution in [2.45, 2.75) is 13.5 Å². The van der Waals surface area contributed by atoms with Gasteiger partial charge in [-0.05, 0) is 25.6 Å². The molecule has 0 amide bonds. The number of pyridine rings is 1. The van der Waals surface area contributed by atoms with Crippen molar-refractivity contribution in [1.82, 2.24) is 10.3 Å². The zero-order valence-corrected chi connectivity index (χ0v) is 7.81. The lowest BCUT2D eigenvalue weighted by Gasteiger charge is -2.06. The van der Waals surface area contributed by atoms with Gasteiger partial charge in [-0.2, -0.15) is 0 Å². The zero-order valence-electron chi connectivity index (χ0n) is 7.81. The molecule has 66 valence electrons. The average molecular weight is 165 g/mol. The van der Waals surface area contributed by atoms with Crippen LogP contribution in [0.15, 0.2) is 12.1 Å². The van der Waals surface area contributed by atoms with Crippen molar-refractivity contribution in [2.75, 3.05) is 19.4 Å². The fraction of sp³-hybridized carbons (Fsp3) is 0.444. The molecule has 0 saturated carbocycles. The Bertz CT molecular complexity index is 258. The van der Waals surface area contributed by atoms with Crippen LogP contribution in [-0.4, -0.2) is 19.1 Å². The highest BCUT2D eigenvalue weighted by molar-refractivity contribution is 5.37. The molecule has 1 heterocycles. The predicted octanol–water partition coefficient (Wildman–Crippen LogP) is 1.15. The van der Waals surface area contributed by atoms with Crippen LogP contribution in [0.4, 0.5) is 5.82 Å². The second-order valence-corrected chi connectivity index (χ2v) is 2.72. The average Bonchev–Trinajstić information content (AvgIpc) is 2.09. The first kappa shape index (κ1) is 9.00. The highest BCUT2D eigenvalue weighted by Crippen LogP contribution is 2.09. The van der Waals surface area contributed by atoms with Gasteiger partial charge in [0.05, 0.1) is 0 Å². The molecule has 3 nitrogen and oxygen atoms in total. The summed E-state index contributed by atoms with van der Waals surface area (Å²) in [7, 11) is 3.81. The third-order valence-corrected chi connectivity index (χ3v) is 1.82. The van der Waals surface area contributed by atoms with Crippen molar-refractivity contribution in [2.24, 2.45) is 0 Å². The summed E-state index contributed by atoms with van der Waals surface area (Å²) in [6.07, 6.45) is 0. The molecular formula is C9H15N3. The maximum absolute atomic E-state index is 4.36. The second kappa shape index (κ2) is 4.07. The third-order valence-electron chi connectivity index (χ3n) is 1.82. The summed E-state index contributed by atoms with van der Waals surface area (Å²) in [5.41, 5.74) is 2.33. The summed E-state index contributed by atoms with van der Waals surface area (Å²) in [5, 5.41) is 6.11. The standard InChI is InChI=1S/C9H15N3/c1-7-8(6-10-2)4-5-9(11-3)12-7/h4-5,10H,6H2,1-3H3,(H,11,12). The molecule has 0 aliphatic rings. The van der Waals surface area contributed by atoms with Crippen LogP contribution < -0.4 is 10.6 Å². The Hall–Kier alpha value is -1.09. The molecule has 1 aromatic rings. The topological polar surface area (TPSA) is 37.0 Å². The minimum Gasteiger partial charge on any atom is -0.373 e. The van der Waals surface area contributed by atoms with Crippen LogP contribution >= 0.6 is 0 Å². The van der Waals surface area contributed by atoms with Crippen molar-refractivity contribution in [3.05, 3.63) is 23.4 Å². The molecule has 0 bridgehead atoms. The molecule has 3 heteroatoms. The van der Waals surface area contributed by atoms with Crippen molar-refractivity contribution >= 4 is 5.82 Å². The first-order valence-corrected chi connectivity index (χ1v) is 4.07. The van der Waals surface area contributed by atoms with Crippen molar-refractivity contribution < 1.29 is 0 Å². The van der Waals surface area contributed by atoms with Gasteiger partial charge in [0.2, 0.25) is 0 Å². The Balaban J connectivity index is 2.87. The zero-order chi connectivity index (χ0) is 8.97. The molecule has 12 heavy (non-hydrogen) atoms. The van der Waals surface area contributed by atoms with Gasteiger partial charge in [0, 0.05) is 19.3 Å². The van der Waals surface area contributed by atoms with Crippen LogP contribution in [0, 0.1) is 6.92 Å². The van der Waals surface area contributed by atoms with E-state index in [1.54, 1.807) is 0 Å². The van der Waals surface area contributed by atoms with E-state index in [0.717, 1.165) is 18.1 Å². The maximum Gasteiger partial charge on any atom is 0.125 e. The molecule has 0 fully saturated rings. The second-order valence-electron chi connectivity index (χ2n) is 2.72. The molecular weight excluding hydrogens is 150 g/mol. The minimum atomic E-state index is 0.878. The van der Waals surface area contributed by atoms with Crippen LogP contribution in [0.3, 0.4) is 0 Å². The number of hydrogen-bond donors (Lipinski definition) is 2. The Morgan fingerprint density at radius 1 is 1.33 bits per heavy atom. The van der Waals surface area contributed by atoms with Crippen LogP contribution in [0.1, 0.15) is 11.3 Å². The molecule has 0 unspecified atom stereocenters. The lowest BCUT2D eigenvalue weighted by atomic mass is 10.2. The summed E-state index contributed by atoms with van der Waals surface area (Å²) in [6.45, 7) is 2.90. The van der Waals surface area contributed by atoms with E-state index in [9.17, 15) is 0 Å². The van der Waals surface area contributed by atoms with Crippen LogP contribution in [0.5, 0.6) is 0 Å². The molecule has 2 N–H and O–H groups in total. The number of hydrogen-bond acceptors (Lipinski definition) is 3. The van der Waals surface area contributed by atoms with Crippen molar-refractivity contribution in [1.29, 1.82) is 0 Å². The Labute approximate surface area is 73.2 Å². The van der Waals surface area contributed by atoms with E-state index in [-0.39, 0.29) is 0 Å². The number of anilines is 1. The van der Waals surface area contributed by atoms with E-state index in [1.807, 2.05) is 27.1 Å². The highest BCUT2D eigenvalue weighted by atomic mass is 15.0. The van der Waals surface area contributed by atoms with Crippen molar-refractivity contribution in [3.63, 3.8) is 0 Å². The fourth-order valence-corrected chi connectivity index (χ4v) is 1.11. The Morgan fingerprint density at radius 3 is 2.58 bits per heavy atom. The summed E-state index contributed by atoms with van der Waals surface area (Å²) >= 11 is 0. The lowest BCUT2D eigenvalue weighted by Crippen LogP contribution is -2.08. The van der Waals surface area contributed by atoms with E-state index in [1.165, 1.54) is 5.56 Å². The van der Waals surface area contributed by atoms with Gasteiger partial charge in [-0.1, -0.05) is 6.07 Å². The summed E-state index contributed by atoms with van der Waals surface area (Å²) in [5.74, 6) is 0.923. The van der Waals surface area contributed by atoms with Gasteiger partial charge in [-0.25, -0.2) is 4.98 Å². The van der Waals surface area contributed by atoms with Crippen LogP contribution in [0.2, 0.25) is 0 Å². The summed E-state index contributed by atoms with van der Waals surface area (Å²) < 4.78 is 0. The smallest absolute Gasteiger partial charge is 0.125 e. The fourth-order valence-electron chi connectivity index (χ4n) is 1.11. The van der Waals surface area contributed by atoms with Crippen molar-refractivity contribution in [3.8, 4) is 0 Å². The van der Waals surface area contributed by atoms with Gasteiger partial charge < -0.3 is 10.6 Å². The maximum atomic E-state index is 4.36. The molecule has 0 spiro atoms. The molecule has 0 radical (unpaired) electrons. The van der Waals surface area contributed by atoms with Crippen LogP contribution in [-0.2, 0) is 6.54 Å². The largest absolute Gasteiger partial charge is 0.373 e. The molecule has 0 saturated heterocycles. The van der Waals surface area contributed by atoms with Gasteiger partial charge in [-0.3, -0.25) is 0 Å². The highest BCUT2D eigenvalue weighted by Gasteiger charge is 1.98. The number of aromatic nitrogens is 1. The molecule has 0 aromatic carbocycles. The van der Waals surface area contributed by atoms with E-state index in [4.69, 9.17) is 0 Å². The molecule has 0 atom stereocenters. The lowest BCUT2D eigenvalue weighted by molar-refractivity contribution is 0.805. The van der Waals surface area contributed by atoms with E-state index in [2.05, 4.69) is 21.7 Å². The normalized spacial score (nSPS) is 9.92. The quantitative estimate of drug-likeness (QED) is 0.705. The molecule has 0 aliphatic heterocycles. The monoisotopic (exact) mass is 165 g/mol. The first-order chi connectivity index (χ1) is 5.77.